The molecule has 22 heavy (non-hydrogen) atoms. The normalized spacial score (nSPS) is 23.0. The molecule has 1 aliphatic heterocycles. The van der Waals surface area contributed by atoms with E-state index in [9.17, 15) is 9.90 Å². The van der Waals surface area contributed by atoms with Gasteiger partial charge in [0, 0.05) is 26.1 Å². The van der Waals surface area contributed by atoms with Crippen molar-refractivity contribution in [2.75, 3.05) is 39.5 Å². The molecule has 3 N–H and O–H groups in total. The molecule has 2 rings (SSSR count). The van der Waals surface area contributed by atoms with Gasteiger partial charge in [0.1, 0.15) is 18.0 Å². The SMILES string of the molecule is Cc1ccccc1OCC1(O)COCCN(CCC(N)=O)C1. The smallest absolute Gasteiger partial charge is 0.218 e. The summed E-state index contributed by atoms with van der Waals surface area (Å²) in [6.07, 6.45) is 0.273. The molecular formula is C16H24N2O4. The van der Waals surface area contributed by atoms with E-state index in [4.69, 9.17) is 15.2 Å². The van der Waals surface area contributed by atoms with Gasteiger partial charge in [0.15, 0.2) is 0 Å². The highest BCUT2D eigenvalue weighted by atomic mass is 16.5. The zero-order valence-corrected chi connectivity index (χ0v) is 13.0. The van der Waals surface area contributed by atoms with Crippen LogP contribution in [0.25, 0.3) is 0 Å². The van der Waals surface area contributed by atoms with Gasteiger partial charge in [-0.2, -0.15) is 0 Å². The van der Waals surface area contributed by atoms with Crippen LogP contribution in [0.2, 0.25) is 0 Å². The lowest BCUT2D eigenvalue weighted by Gasteiger charge is -2.30. The second kappa shape index (κ2) is 7.58. The maximum atomic E-state index is 10.9. The van der Waals surface area contributed by atoms with Crippen LogP contribution >= 0.6 is 0 Å². The number of para-hydroxylation sites is 1. The molecule has 1 amide bonds. The van der Waals surface area contributed by atoms with Crippen LogP contribution in [0.5, 0.6) is 5.75 Å². The molecule has 1 heterocycles. The number of carbonyl (C=O) groups is 1. The number of hydrogen-bond acceptors (Lipinski definition) is 5. The molecule has 1 aromatic rings. The summed E-state index contributed by atoms with van der Waals surface area (Å²) in [5.41, 5.74) is 5.10. The van der Waals surface area contributed by atoms with Crippen molar-refractivity contribution in [2.24, 2.45) is 5.73 Å². The van der Waals surface area contributed by atoms with Crippen molar-refractivity contribution in [3.05, 3.63) is 29.8 Å². The molecule has 0 aromatic heterocycles. The number of hydrogen-bond donors (Lipinski definition) is 2. The lowest BCUT2D eigenvalue weighted by Crippen LogP contribution is -2.49. The fraction of sp³-hybridized carbons (Fsp3) is 0.562. The van der Waals surface area contributed by atoms with Gasteiger partial charge >= 0.3 is 0 Å². The summed E-state index contributed by atoms with van der Waals surface area (Å²) >= 11 is 0. The Hall–Kier alpha value is -1.63. The van der Waals surface area contributed by atoms with E-state index in [2.05, 4.69) is 0 Å². The van der Waals surface area contributed by atoms with Gasteiger partial charge in [-0.25, -0.2) is 0 Å². The molecule has 6 heteroatoms. The fourth-order valence-electron chi connectivity index (χ4n) is 2.47. The third-order valence-corrected chi connectivity index (χ3v) is 3.70. The summed E-state index contributed by atoms with van der Waals surface area (Å²) in [7, 11) is 0. The summed E-state index contributed by atoms with van der Waals surface area (Å²) < 4.78 is 11.2. The summed E-state index contributed by atoms with van der Waals surface area (Å²) in [6, 6.07) is 7.68. The van der Waals surface area contributed by atoms with Crippen molar-refractivity contribution in [3.63, 3.8) is 0 Å². The van der Waals surface area contributed by atoms with Gasteiger partial charge in [-0.3, -0.25) is 9.69 Å². The zero-order valence-electron chi connectivity index (χ0n) is 13.0. The van der Waals surface area contributed by atoms with Crippen LogP contribution in [-0.2, 0) is 9.53 Å². The summed E-state index contributed by atoms with van der Waals surface area (Å²) in [5, 5.41) is 10.7. The third-order valence-electron chi connectivity index (χ3n) is 3.70. The molecule has 0 bridgehead atoms. The molecule has 0 aliphatic carbocycles. The Labute approximate surface area is 130 Å². The first-order valence-corrected chi connectivity index (χ1v) is 7.48. The van der Waals surface area contributed by atoms with Crippen LogP contribution < -0.4 is 10.5 Å². The highest BCUT2D eigenvalue weighted by molar-refractivity contribution is 5.73. The second-order valence-electron chi connectivity index (χ2n) is 5.82. The number of aliphatic hydroxyl groups is 1. The molecule has 0 spiro atoms. The minimum Gasteiger partial charge on any atom is -0.490 e. The van der Waals surface area contributed by atoms with Crippen LogP contribution in [0.1, 0.15) is 12.0 Å². The number of β-amino-alcohol motifs (C(OH)–C–C–N with tert-alkyl or cyclic N) is 1. The van der Waals surface area contributed by atoms with E-state index in [1.54, 1.807) is 0 Å². The van der Waals surface area contributed by atoms with Crippen LogP contribution in [0.4, 0.5) is 0 Å². The average Bonchev–Trinajstić information content (AvgIpc) is 2.66. The Morgan fingerprint density at radius 3 is 3.00 bits per heavy atom. The average molecular weight is 308 g/mol. The minimum absolute atomic E-state index is 0.144. The van der Waals surface area contributed by atoms with Crippen molar-refractivity contribution in [3.8, 4) is 5.75 Å². The Morgan fingerprint density at radius 2 is 2.27 bits per heavy atom. The number of amides is 1. The molecule has 1 aromatic carbocycles. The fourth-order valence-corrected chi connectivity index (χ4v) is 2.47. The van der Waals surface area contributed by atoms with Gasteiger partial charge in [-0.15, -0.1) is 0 Å². The lowest BCUT2D eigenvalue weighted by molar-refractivity contribution is -0.118. The topological polar surface area (TPSA) is 85.0 Å². The quantitative estimate of drug-likeness (QED) is 0.790. The Morgan fingerprint density at radius 1 is 1.50 bits per heavy atom. The highest BCUT2D eigenvalue weighted by Gasteiger charge is 2.33. The van der Waals surface area contributed by atoms with Crippen molar-refractivity contribution in [1.82, 2.24) is 4.90 Å². The van der Waals surface area contributed by atoms with Crippen LogP contribution in [0.3, 0.4) is 0 Å². The molecule has 0 saturated carbocycles. The molecule has 1 aliphatic rings. The van der Waals surface area contributed by atoms with Crippen LogP contribution in [0, 0.1) is 6.92 Å². The van der Waals surface area contributed by atoms with E-state index in [1.807, 2.05) is 36.1 Å². The maximum Gasteiger partial charge on any atom is 0.218 e. The number of nitrogens with zero attached hydrogens (tertiary/aromatic N) is 1. The van der Waals surface area contributed by atoms with E-state index in [-0.39, 0.29) is 25.5 Å². The van der Waals surface area contributed by atoms with Gasteiger partial charge in [-0.1, -0.05) is 18.2 Å². The van der Waals surface area contributed by atoms with Gasteiger partial charge in [0.2, 0.25) is 5.91 Å². The first-order chi connectivity index (χ1) is 10.5. The van der Waals surface area contributed by atoms with E-state index in [0.29, 0.717) is 26.2 Å². The Bertz CT molecular complexity index is 509. The third kappa shape index (κ3) is 4.98. The molecule has 1 fully saturated rings. The number of aryl methyl sites for hydroxylation is 1. The first-order valence-electron chi connectivity index (χ1n) is 7.48. The lowest BCUT2D eigenvalue weighted by atomic mass is 10.1. The van der Waals surface area contributed by atoms with Crippen LogP contribution in [-0.4, -0.2) is 61.0 Å². The molecule has 1 atom stereocenters. The summed E-state index contributed by atoms with van der Waals surface area (Å²) in [5.74, 6) is 0.411. The second-order valence-corrected chi connectivity index (χ2v) is 5.82. The molecule has 1 unspecified atom stereocenters. The number of rotatable bonds is 6. The molecular weight excluding hydrogens is 284 g/mol. The first kappa shape index (κ1) is 16.7. The van der Waals surface area contributed by atoms with Gasteiger partial charge in [0.05, 0.1) is 13.2 Å². The largest absolute Gasteiger partial charge is 0.490 e. The number of ether oxygens (including phenoxy) is 2. The number of carbonyl (C=O) groups excluding carboxylic acids is 1. The molecule has 1 saturated heterocycles. The van der Waals surface area contributed by atoms with Crippen molar-refractivity contribution < 1.29 is 19.4 Å². The van der Waals surface area contributed by atoms with Gasteiger partial charge in [0.25, 0.3) is 0 Å². The number of primary amides is 1. The summed E-state index contributed by atoms with van der Waals surface area (Å²) in [6.45, 7) is 4.42. The zero-order chi connectivity index (χ0) is 16.0. The van der Waals surface area contributed by atoms with Crippen molar-refractivity contribution >= 4 is 5.91 Å². The predicted octanol–water partition coefficient (Wildman–Crippen LogP) is 0.313. The maximum absolute atomic E-state index is 10.9. The van der Waals surface area contributed by atoms with Crippen molar-refractivity contribution in [2.45, 2.75) is 18.9 Å². The van der Waals surface area contributed by atoms with Crippen molar-refractivity contribution in [1.29, 1.82) is 0 Å². The Balaban J connectivity index is 1.94. The molecule has 122 valence electrons. The van der Waals surface area contributed by atoms with E-state index in [0.717, 1.165) is 11.3 Å². The highest BCUT2D eigenvalue weighted by Crippen LogP contribution is 2.20. The minimum atomic E-state index is -1.10. The predicted molar refractivity (Wildman–Crippen MR) is 82.7 cm³/mol. The summed E-state index contributed by atoms with van der Waals surface area (Å²) in [4.78, 5) is 12.9. The van der Waals surface area contributed by atoms with E-state index in [1.165, 1.54) is 0 Å². The molecule has 6 nitrogen and oxygen atoms in total. The number of benzene rings is 1. The number of nitrogens with two attached hydrogens (primary N) is 1. The van der Waals surface area contributed by atoms with Gasteiger partial charge in [-0.05, 0) is 18.6 Å². The van der Waals surface area contributed by atoms with Gasteiger partial charge < -0.3 is 20.3 Å². The monoisotopic (exact) mass is 308 g/mol. The Kier molecular flexibility index (Phi) is 5.76. The molecule has 0 radical (unpaired) electrons. The van der Waals surface area contributed by atoms with E-state index >= 15 is 0 Å². The standard InChI is InChI=1S/C16H24N2O4/c1-13-4-2-3-5-14(13)22-12-16(20)10-18(7-6-15(17)19)8-9-21-11-16/h2-5,20H,6-12H2,1H3,(H2,17,19). The van der Waals surface area contributed by atoms with E-state index < -0.39 is 5.60 Å². The van der Waals surface area contributed by atoms with Crippen LogP contribution in [0.15, 0.2) is 24.3 Å².